The second kappa shape index (κ2) is 18.4. The van der Waals surface area contributed by atoms with Crippen LogP contribution < -0.4 is 25.4 Å². The number of piperazine rings is 1. The molecule has 4 atom stereocenters. The van der Waals surface area contributed by atoms with Crippen molar-refractivity contribution in [3.63, 3.8) is 0 Å². The van der Waals surface area contributed by atoms with E-state index in [1.54, 1.807) is 42.3 Å². The molecular formula is C40H52Cl2N6O7S. The van der Waals surface area contributed by atoms with Gasteiger partial charge < -0.3 is 24.4 Å². The van der Waals surface area contributed by atoms with Crippen molar-refractivity contribution in [1.29, 1.82) is 0 Å². The van der Waals surface area contributed by atoms with E-state index in [9.17, 15) is 13.2 Å². The Balaban J connectivity index is 1.46. The number of piperidine rings is 1. The van der Waals surface area contributed by atoms with E-state index in [1.165, 1.54) is 17.5 Å². The molecule has 3 aromatic carbocycles. The molecule has 13 nitrogen and oxygen atoms in total. The summed E-state index contributed by atoms with van der Waals surface area (Å²) in [7, 11) is -1.03. The highest BCUT2D eigenvalue weighted by atomic mass is 35.5. The van der Waals surface area contributed by atoms with Gasteiger partial charge in [0.05, 0.1) is 39.0 Å². The van der Waals surface area contributed by atoms with Gasteiger partial charge in [0.2, 0.25) is 15.9 Å². The Morgan fingerprint density at radius 3 is 1.95 bits per heavy atom. The number of halogens is 2. The van der Waals surface area contributed by atoms with E-state index >= 15 is 4.79 Å². The van der Waals surface area contributed by atoms with Gasteiger partial charge in [-0.1, -0.05) is 53.9 Å². The van der Waals surface area contributed by atoms with Crippen LogP contribution in [0.25, 0.3) is 0 Å². The summed E-state index contributed by atoms with van der Waals surface area (Å²) in [6.45, 7) is 6.85. The normalized spacial score (nSPS) is 22.8. The van der Waals surface area contributed by atoms with Gasteiger partial charge in [-0.2, -0.15) is 4.31 Å². The molecule has 3 aromatic rings. The third-order valence-corrected chi connectivity index (χ3v) is 13.0. The van der Waals surface area contributed by atoms with Crippen LogP contribution >= 0.6 is 23.2 Å². The maximum absolute atomic E-state index is 15.5. The molecule has 3 aliphatic rings. The highest BCUT2D eigenvalue weighted by molar-refractivity contribution is 7.89. The van der Waals surface area contributed by atoms with Crippen molar-refractivity contribution in [2.24, 2.45) is 0 Å². The zero-order chi connectivity index (χ0) is 40.0. The van der Waals surface area contributed by atoms with Gasteiger partial charge in [-0.3, -0.25) is 25.1 Å². The van der Waals surface area contributed by atoms with E-state index in [-0.39, 0.29) is 41.7 Å². The number of rotatable bonds is 14. The van der Waals surface area contributed by atoms with Crippen molar-refractivity contribution in [1.82, 2.24) is 30.1 Å². The highest BCUT2D eigenvalue weighted by Gasteiger charge is 2.55. The molecule has 2 amide bonds. The van der Waals surface area contributed by atoms with Gasteiger partial charge in [0.15, 0.2) is 5.66 Å². The molecule has 3 aliphatic heterocycles. The lowest BCUT2D eigenvalue weighted by molar-refractivity contribution is -0.141. The van der Waals surface area contributed by atoms with Crippen LogP contribution in [0, 0.1) is 0 Å². The third-order valence-electron chi connectivity index (χ3n) is 10.6. The van der Waals surface area contributed by atoms with E-state index in [0.29, 0.717) is 67.2 Å². The van der Waals surface area contributed by atoms with Crippen LogP contribution in [0.1, 0.15) is 61.9 Å². The third kappa shape index (κ3) is 9.13. The van der Waals surface area contributed by atoms with Gasteiger partial charge in [0.25, 0.3) is 5.91 Å². The predicted octanol–water partition coefficient (Wildman–Crippen LogP) is 4.70. The van der Waals surface area contributed by atoms with E-state index in [2.05, 4.69) is 16.0 Å². The molecule has 2 unspecified atom stereocenters. The first kappa shape index (κ1) is 42.1. The number of carbonyl (C=O) groups is 2. The van der Waals surface area contributed by atoms with Crippen molar-refractivity contribution in [3.8, 4) is 11.5 Å². The molecule has 3 heterocycles. The van der Waals surface area contributed by atoms with Crippen LogP contribution in [0.2, 0.25) is 10.0 Å². The fourth-order valence-electron chi connectivity index (χ4n) is 7.84. The Hall–Kier alpha value is -3.47. The van der Waals surface area contributed by atoms with Gasteiger partial charge in [-0.25, -0.2) is 8.42 Å². The van der Waals surface area contributed by atoms with Crippen LogP contribution in [0.3, 0.4) is 0 Å². The maximum atomic E-state index is 15.5. The molecule has 0 spiro atoms. The summed E-state index contributed by atoms with van der Waals surface area (Å²) in [5.74, 6) is -0.0253. The molecule has 3 N–H and O–H groups in total. The van der Waals surface area contributed by atoms with E-state index in [0.717, 1.165) is 30.4 Å². The SMILES string of the molecule is CCOc1cc(OC)c(S(=O)(=O)N2CCCCC2)cc1C1(C(=O)N2CCN(CC(=O)NC(C)COC)CC2)N[C@H](c2ccc(Cl)cc2)[C@H](c2ccc(Cl)cc2)N1. The van der Waals surface area contributed by atoms with Crippen molar-refractivity contribution in [3.05, 3.63) is 87.4 Å². The first-order chi connectivity index (χ1) is 26.9. The van der Waals surface area contributed by atoms with E-state index in [4.69, 9.17) is 37.4 Å². The minimum Gasteiger partial charge on any atom is -0.495 e. The molecule has 3 saturated heterocycles. The van der Waals surface area contributed by atoms with Crippen molar-refractivity contribution < 1.29 is 32.2 Å². The molecule has 304 valence electrons. The van der Waals surface area contributed by atoms with Crippen LogP contribution in [0.15, 0.2) is 65.6 Å². The molecule has 0 radical (unpaired) electrons. The summed E-state index contributed by atoms with van der Waals surface area (Å²) in [4.78, 5) is 32.0. The van der Waals surface area contributed by atoms with Gasteiger partial charge in [-0.15, -0.1) is 0 Å². The van der Waals surface area contributed by atoms with Gasteiger partial charge in [0.1, 0.15) is 16.4 Å². The number of ether oxygens (including phenoxy) is 3. The Morgan fingerprint density at radius 2 is 1.43 bits per heavy atom. The molecule has 0 aromatic heterocycles. The summed E-state index contributed by atoms with van der Waals surface area (Å²) < 4.78 is 47.5. The largest absolute Gasteiger partial charge is 0.495 e. The number of carbonyl (C=O) groups excluding carboxylic acids is 2. The number of nitrogens with one attached hydrogen (secondary N) is 3. The maximum Gasteiger partial charge on any atom is 0.262 e. The number of amides is 2. The zero-order valence-corrected chi connectivity index (χ0v) is 34.7. The Kier molecular flexibility index (Phi) is 13.9. The summed E-state index contributed by atoms with van der Waals surface area (Å²) in [5.41, 5.74) is 0.308. The predicted molar refractivity (Wildman–Crippen MR) is 216 cm³/mol. The fourth-order valence-corrected chi connectivity index (χ4v) is 9.77. The topological polar surface area (TPSA) is 142 Å². The highest BCUT2D eigenvalue weighted by Crippen LogP contribution is 2.47. The number of methoxy groups -OCH3 is 2. The van der Waals surface area contributed by atoms with Crippen molar-refractivity contribution in [2.45, 2.75) is 61.8 Å². The minimum atomic E-state index is -4.05. The number of nitrogens with zero attached hydrogens (tertiary/aromatic N) is 3. The molecule has 3 fully saturated rings. The molecule has 0 saturated carbocycles. The first-order valence-electron chi connectivity index (χ1n) is 19.1. The summed E-state index contributed by atoms with van der Waals surface area (Å²) >= 11 is 12.7. The molecular weight excluding hydrogens is 779 g/mol. The lowest BCUT2D eigenvalue weighted by atomic mass is 9.95. The standard InChI is InChI=1S/C40H52Cl2N6O7S/c1-5-55-33-24-34(54-4)35(56(51,52)48-17-7-6-8-18-48)23-32(33)40(39(50)47-21-19-46(20-22-47)25-36(49)43-27(2)26-53-3)44-37(28-9-13-30(41)14-10-28)38(45-40)29-11-15-31(42)16-12-29/h9-16,23-24,27,37-38,44-45H,5-8,17-22,25-26H2,1-4H3,(H,43,49)/t27?,37-,38+,40?. The number of benzene rings is 3. The molecule has 0 aliphatic carbocycles. The van der Waals surface area contributed by atoms with Crippen molar-refractivity contribution >= 4 is 45.0 Å². The average Bonchev–Trinajstić information content (AvgIpc) is 3.60. The Bertz CT molecular complexity index is 1890. The summed E-state index contributed by atoms with van der Waals surface area (Å²) in [5, 5.41) is 11.5. The van der Waals surface area contributed by atoms with Crippen LogP contribution in [0.5, 0.6) is 11.5 Å². The number of hydrogen-bond acceptors (Lipinski definition) is 10. The van der Waals surface area contributed by atoms with Gasteiger partial charge in [0, 0.05) is 74.1 Å². The minimum absolute atomic E-state index is 0.0485. The smallest absolute Gasteiger partial charge is 0.262 e. The Morgan fingerprint density at radius 1 is 0.857 bits per heavy atom. The van der Waals surface area contributed by atoms with E-state index in [1.807, 2.05) is 43.0 Å². The first-order valence-corrected chi connectivity index (χ1v) is 21.3. The quantitative estimate of drug-likeness (QED) is 0.210. The molecule has 0 bridgehead atoms. The van der Waals surface area contributed by atoms with E-state index < -0.39 is 27.8 Å². The molecule has 16 heteroatoms. The summed E-state index contributed by atoms with van der Waals surface area (Å²) in [6.07, 6.45) is 2.46. The number of hydrogen-bond donors (Lipinski definition) is 3. The lowest BCUT2D eigenvalue weighted by Gasteiger charge is -2.41. The second-order valence-electron chi connectivity index (χ2n) is 14.5. The Labute approximate surface area is 340 Å². The molecule has 56 heavy (non-hydrogen) atoms. The second-order valence-corrected chi connectivity index (χ2v) is 17.3. The van der Waals surface area contributed by atoms with Crippen LogP contribution in [-0.2, 0) is 30.0 Å². The zero-order valence-electron chi connectivity index (χ0n) is 32.4. The van der Waals surface area contributed by atoms with Crippen LogP contribution in [0.4, 0.5) is 0 Å². The average molecular weight is 832 g/mol. The van der Waals surface area contributed by atoms with Gasteiger partial charge in [-0.05, 0) is 68.1 Å². The molecule has 6 rings (SSSR count). The van der Waals surface area contributed by atoms with Crippen LogP contribution in [-0.4, -0.2) is 114 Å². The lowest BCUT2D eigenvalue weighted by Crippen LogP contribution is -2.62. The van der Waals surface area contributed by atoms with Gasteiger partial charge >= 0.3 is 0 Å². The monoisotopic (exact) mass is 830 g/mol. The number of sulfonamides is 1. The summed E-state index contributed by atoms with van der Waals surface area (Å²) in [6, 6.07) is 16.8. The fraction of sp³-hybridized carbons (Fsp3) is 0.500. The van der Waals surface area contributed by atoms with Crippen molar-refractivity contribution in [2.75, 3.05) is 73.2 Å².